The summed E-state index contributed by atoms with van der Waals surface area (Å²) in [6.45, 7) is 0.509. The molecule has 0 saturated heterocycles. The van der Waals surface area contributed by atoms with Crippen LogP contribution in [0, 0.1) is 0 Å². The largest absolute Gasteiger partial charge is 0.478 e. The Labute approximate surface area is 304 Å². The Hall–Kier alpha value is -4.54. The number of carbonyl (C=O) groups is 1. The summed E-state index contributed by atoms with van der Waals surface area (Å²) >= 11 is 7.89. The van der Waals surface area contributed by atoms with Gasteiger partial charge in [-0.25, -0.2) is 4.79 Å². The van der Waals surface area contributed by atoms with Gasteiger partial charge in [0.1, 0.15) is 5.69 Å². The van der Waals surface area contributed by atoms with E-state index in [1.54, 1.807) is 18.2 Å². The third-order valence-electron chi connectivity index (χ3n) is 9.13. The summed E-state index contributed by atoms with van der Waals surface area (Å²) in [5.74, 6) is -0.831. The highest BCUT2D eigenvalue weighted by Gasteiger charge is 2.34. The van der Waals surface area contributed by atoms with Crippen molar-refractivity contribution >= 4 is 46.1 Å². The molecule has 0 amide bonds. The van der Waals surface area contributed by atoms with E-state index in [-0.39, 0.29) is 22.9 Å². The zero-order valence-electron chi connectivity index (χ0n) is 27.8. The Morgan fingerprint density at radius 1 is 0.824 bits per heavy atom. The summed E-state index contributed by atoms with van der Waals surface area (Å²) < 4.78 is 47.0. The number of hydrogen-bond donors (Lipinski definition) is 3. The van der Waals surface area contributed by atoms with Crippen molar-refractivity contribution in [2.75, 3.05) is 6.54 Å². The topological polar surface area (TPSA) is 81.9 Å². The number of nitrogens with zero attached hydrogens (tertiary/aromatic N) is 1. The molecule has 10 heteroatoms. The Kier molecular flexibility index (Phi) is 11.5. The van der Waals surface area contributed by atoms with Gasteiger partial charge < -0.3 is 15.4 Å². The quantitative estimate of drug-likeness (QED) is 0.0771. The SMILES string of the molecule is [NH3+]c1cccc(C(F)(F)F)c1CSNCCc1c(CCCc2ccc(C(=O)O)cc2)c2cc(Cl)ccc2n1C(c1ccccc1)c1ccccc1. The molecule has 0 bridgehead atoms. The smallest absolute Gasteiger partial charge is 0.416 e. The number of nitrogens with one attached hydrogen (secondary N) is 1. The van der Waals surface area contributed by atoms with Gasteiger partial charge in [-0.05, 0) is 84.0 Å². The fourth-order valence-corrected chi connectivity index (χ4v) is 7.74. The molecule has 5 nitrogen and oxygen atoms in total. The lowest BCUT2D eigenvalue weighted by atomic mass is 9.97. The lowest BCUT2D eigenvalue weighted by Gasteiger charge is -2.25. The molecule has 0 aliphatic heterocycles. The first kappa shape index (κ1) is 36.3. The third-order valence-corrected chi connectivity index (χ3v) is 10.2. The molecule has 6 rings (SSSR count). The van der Waals surface area contributed by atoms with E-state index in [4.69, 9.17) is 11.6 Å². The van der Waals surface area contributed by atoms with Crippen LogP contribution in [0.1, 0.15) is 61.9 Å². The number of benzene rings is 5. The number of aryl methyl sites for hydroxylation is 2. The summed E-state index contributed by atoms with van der Waals surface area (Å²) in [5, 5.41) is 11.0. The maximum absolute atomic E-state index is 13.8. The van der Waals surface area contributed by atoms with Gasteiger partial charge in [0, 0.05) is 45.9 Å². The summed E-state index contributed by atoms with van der Waals surface area (Å²) in [4.78, 5) is 11.4. The van der Waals surface area contributed by atoms with Crippen LogP contribution in [0.4, 0.5) is 18.9 Å². The van der Waals surface area contributed by atoms with Gasteiger partial charge >= 0.3 is 12.1 Å². The van der Waals surface area contributed by atoms with E-state index < -0.39 is 17.7 Å². The number of halogens is 4. The van der Waals surface area contributed by atoms with Crippen LogP contribution in [0.15, 0.2) is 121 Å². The van der Waals surface area contributed by atoms with Crippen molar-refractivity contribution in [3.63, 3.8) is 0 Å². The van der Waals surface area contributed by atoms with Crippen molar-refractivity contribution in [1.82, 2.24) is 9.29 Å². The molecule has 262 valence electrons. The number of carboxylic acids is 1. The summed E-state index contributed by atoms with van der Waals surface area (Å²) in [6, 6.07) is 37.6. The van der Waals surface area contributed by atoms with Crippen molar-refractivity contribution in [2.24, 2.45) is 0 Å². The van der Waals surface area contributed by atoms with E-state index in [9.17, 15) is 23.1 Å². The minimum absolute atomic E-state index is 0.122. The average Bonchev–Trinajstić information content (AvgIpc) is 3.41. The molecule has 0 aliphatic rings. The van der Waals surface area contributed by atoms with Crippen molar-refractivity contribution < 1.29 is 28.8 Å². The lowest BCUT2D eigenvalue weighted by Crippen LogP contribution is -2.42. The van der Waals surface area contributed by atoms with Crippen molar-refractivity contribution in [1.29, 1.82) is 0 Å². The highest BCUT2D eigenvalue weighted by molar-refractivity contribution is 7.96. The molecule has 5 aromatic carbocycles. The van der Waals surface area contributed by atoms with E-state index in [2.05, 4.69) is 45.4 Å². The molecule has 0 radical (unpaired) electrons. The van der Waals surface area contributed by atoms with Crippen LogP contribution in [0.3, 0.4) is 0 Å². The van der Waals surface area contributed by atoms with Gasteiger partial charge in [-0.15, -0.1) is 0 Å². The Morgan fingerprint density at radius 2 is 1.49 bits per heavy atom. The van der Waals surface area contributed by atoms with Gasteiger partial charge in [-0.2, -0.15) is 13.2 Å². The number of rotatable bonds is 14. The molecule has 5 N–H and O–H groups in total. The number of alkyl halides is 3. The molecule has 51 heavy (non-hydrogen) atoms. The molecular weight excluding hydrogens is 691 g/mol. The van der Waals surface area contributed by atoms with E-state index in [1.165, 1.54) is 23.6 Å². The minimum atomic E-state index is -4.46. The molecule has 0 saturated carbocycles. The fourth-order valence-electron chi connectivity index (χ4n) is 6.73. The molecule has 1 aromatic heterocycles. The number of aromatic nitrogens is 1. The van der Waals surface area contributed by atoms with Crippen LogP contribution in [-0.4, -0.2) is 22.2 Å². The second kappa shape index (κ2) is 16.2. The van der Waals surface area contributed by atoms with Gasteiger partial charge in [-0.3, -0.25) is 4.72 Å². The molecule has 0 aliphatic carbocycles. The molecule has 0 spiro atoms. The molecule has 1 heterocycles. The first-order valence-electron chi connectivity index (χ1n) is 16.7. The van der Waals surface area contributed by atoms with Crippen molar-refractivity contribution in [3.8, 4) is 0 Å². The van der Waals surface area contributed by atoms with Crippen molar-refractivity contribution in [2.45, 2.75) is 43.7 Å². The van der Waals surface area contributed by atoms with Gasteiger partial charge in [0.2, 0.25) is 0 Å². The van der Waals surface area contributed by atoms with Crippen LogP contribution >= 0.6 is 23.5 Å². The summed E-state index contributed by atoms with van der Waals surface area (Å²) in [6.07, 6.45) is -1.53. The highest BCUT2D eigenvalue weighted by Crippen LogP contribution is 2.39. The zero-order chi connectivity index (χ0) is 36.0. The summed E-state index contributed by atoms with van der Waals surface area (Å²) in [5.41, 5.74) is 10.6. The number of carboxylic acid groups (broad SMARTS) is 1. The van der Waals surface area contributed by atoms with Gasteiger partial charge in [-0.1, -0.05) is 102 Å². The predicted molar refractivity (Wildman–Crippen MR) is 199 cm³/mol. The van der Waals surface area contributed by atoms with E-state index in [0.29, 0.717) is 23.7 Å². The molecule has 0 unspecified atom stereocenters. The van der Waals surface area contributed by atoms with Gasteiger partial charge in [0.25, 0.3) is 0 Å². The van der Waals surface area contributed by atoms with Gasteiger partial charge in [0.05, 0.1) is 17.2 Å². The fraction of sp³-hybridized carbons (Fsp3) is 0.195. The number of hydrogen-bond acceptors (Lipinski definition) is 3. The lowest BCUT2D eigenvalue weighted by molar-refractivity contribution is -0.256. The monoisotopic (exact) mass is 728 g/mol. The zero-order valence-corrected chi connectivity index (χ0v) is 29.4. The first-order chi connectivity index (χ1) is 24.6. The van der Waals surface area contributed by atoms with Crippen LogP contribution in [0.5, 0.6) is 0 Å². The minimum Gasteiger partial charge on any atom is -0.478 e. The van der Waals surface area contributed by atoms with E-state index >= 15 is 0 Å². The van der Waals surface area contributed by atoms with E-state index in [0.717, 1.165) is 58.6 Å². The Bertz CT molecular complexity index is 2060. The second-order valence-corrected chi connectivity index (χ2v) is 13.7. The first-order valence-corrected chi connectivity index (χ1v) is 18.1. The van der Waals surface area contributed by atoms with Crippen molar-refractivity contribution in [3.05, 3.63) is 171 Å². The standard InChI is InChI=1S/C41H37ClF3N3O2S/c42-31-21-22-37-33(25-31)32(14-7-9-27-17-19-30(20-18-27)40(49)50)38(23-24-47-51-26-34-35(41(43,44)45)15-8-16-36(34)46)48(37)39(28-10-3-1-4-11-28)29-12-5-2-6-13-29/h1-6,8,10-13,15-22,25,39,47H,7,9,14,23-24,26,46H2,(H,49,50)/p+1. The van der Waals surface area contributed by atoms with Gasteiger partial charge in [0.15, 0.2) is 0 Å². The van der Waals surface area contributed by atoms with Crippen LogP contribution in [0.2, 0.25) is 5.02 Å². The van der Waals surface area contributed by atoms with Crippen LogP contribution in [0.25, 0.3) is 10.9 Å². The maximum atomic E-state index is 13.8. The Morgan fingerprint density at radius 3 is 2.12 bits per heavy atom. The number of fused-ring (bicyclic) bond motifs is 1. The number of aromatic carboxylic acids is 1. The summed E-state index contributed by atoms with van der Waals surface area (Å²) in [7, 11) is 0. The van der Waals surface area contributed by atoms with Crippen LogP contribution in [-0.2, 0) is 31.2 Å². The second-order valence-electron chi connectivity index (χ2n) is 12.4. The number of quaternary nitrogens is 1. The Balaban J connectivity index is 1.35. The maximum Gasteiger partial charge on any atom is 0.416 e. The predicted octanol–water partition coefficient (Wildman–Crippen LogP) is 9.68. The third kappa shape index (κ3) is 8.51. The average molecular weight is 729 g/mol. The van der Waals surface area contributed by atoms with E-state index in [1.807, 2.05) is 60.7 Å². The normalized spacial score (nSPS) is 11.8. The molecule has 0 atom stereocenters. The molecule has 0 fully saturated rings. The molecule has 6 aromatic rings. The van der Waals surface area contributed by atoms with Crippen LogP contribution < -0.4 is 10.5 Å². The molecular formula is C41H38ClF3N3O2S+. The highest BCUT2D eigenvalue weighted by atomic mass is 35.5.